The molecule has 1 saturated carbocycles. The van der Waals surface area contributed by atoms with Crippen LogP contribution in [-0.4, -0.2) is 36.6 Å². The molecule has 0 unspecified atom stereocenters. The molecule has 1 aliphatic carbocycles. The highest BCUT2D eigenvalue weighted by Gasteiger charge is 2.27. The molecule has 0 saturated heterocycles. The third-order valence-corrected chi connectivity index (χ3v) is 6.04. The first-order chi connectivity index (χ1) is 13.9. The van der Waals surface area contributed by atoms with Gasteiger partial charge >= 0.3 is 0 Å². The van der Waals surface area contributed by atoms with Crippen LogP contribution in [0.25, 0.3) is 11.4 Å². The second-order valence-electron chi connectivity index (χ2n) is 6.70. The maximum Gasteiger partial charge on any atom is 0.258 e. The summed E-state index contributed by atoms with van der Waals surface area (Å²) in [4.78, 5) is 16.7. The van der Waals surface area contributed by atoms with Gasteiger partial charge in [0.15, 0.2) is 5.82 Å². The zero-order chi connectivity index (χ0) is 20.6. The molecule has 0 aliphatic heterocycles. The van der Waals surface area contributed by atoms with Crippen molar-refractivity contribution in [3.05, 3.63) is 59.7 Å². The molecule has 2 aromatic carbocycles. The van der Waals surface area contributed by atoms with E-state index in [1.165, 1.54) is 7.05 Å². The van der Waals surface area contributed by atoms with E-state index in [0.29, 0.717) is 17.4 Å². The highest BCUT2D eigenvalue weighted by molar-refractivity contribution is 7.89. The Hall–Kier alpha value is -3.11. The average molecular weight is 415 g/mol. The number of carbonyl (C=O) groups excluding carboxylic acids is 1. The molecule has 8 nitrogen and oxygen atoms in total. The third kappa shape index (κ3) is 4.03. The Morgan fingerprint density at radius 1 is 1.17 bits per heavy atom. The van der Waals surface area contributed by atoms with Crippen LogP contribution in [0.15, 0.2) is 47.4 Å². The Bertz CT molecular complexity index is 1170. The Morgan fingerprint density at radius 3 is 2.55 bits per heavy atom. The highest BCUT2D eigenvalue weighted by atomic mass is 32.2. The van der Waals surface area contributed by atoms with E-state index in [4.69, 9.17) is 0 Å². The number of anilines is 1. The summed E-state index contributed by atoms with van der Waals surface area (Å²) in [6.45, 7) is 0. The largest absolute Gasteiger partial charge is 0.322 e. The van der Waals surface area contributed by atoms with Crippen molar-refractivity contribution in [2.45, 2.75) is 23.7 Å². The fourth-order valence-electron chi connectivity index (χ4n) is 2.81. The minimum Gasteiger partial charge on any atom is -0.322 e. The predicted octanol–water partition coefficient (Wildman–Crippen LogP) is 2.65. The molecular formula is C19H18FN5O3S. The Labute approximate surface area is 166 Å². The number of H-pyrrole nitrogens is 1. The maximum atomic E-state index is 14.1. The van der Waals surface area contributed by atoms with Gasteiger partial charge in [0.2, 0.25) is 10.0 Å². The van der Waals surface area contributed by atoms with Crippen molar-refractivity contribution in [2.75, 3.05) is 12.4 Å². The van der Waals surface area contributed by atoms with E-state index in [9.17, 15) is 17.6 Å². The molecule has 4 rings (SSSR count). The number of hydrogen-bond donors (Lipinski definition) is 3. The van der Waals surface area contributed by atoms with Gasteiger partial charge in [-0.1, -0.05) is 0 Å². The molecule has 3 N–H and O–H groups in total. The normalized spacial score (nSPS) is 14.0. The van der Waals surface area contributed by atoms with Crippen molar-refractivity contribution in [2.24, 2.45) is 0 Å². The van der Waals surface area contributed by atoms with Crippen molar-refractivity contribution in [3.63, 3.8) is 0 Å². The third-order valence-electron chi connectivity index (χ3n) is 4.63. The lowest BCUT2D eigenvalue weighted by Gasteiger charge is -2.09. The predicted molar refractivity (Wildman–Crippen MR) is 104 cm³/mol. The molecule has 10 heteroatoms. The first-order valence-electron chi connectivity index (χ1n) is 8.94. The monoisotopic (exact) mass is 415 g/mol. The second-order valence-corrected chi connectivity index (χ2v) is 8.59. The van der Waals surface area contributed by atoms with Gasteiger partial charge in [0.1, 0.15) is 11.6 Å². The van der Waals surface area contributed by atoms with E-state index >= 15 is 0 Å². The number of rotatable bonds is 6. The fourth-order valence-corrected chi connectivity index (χ4v) is 3.56. The molecule has 29 heavy (non-hydrogen) atoms. The van der Waals surface area contributed by atoms with Crippen LogP contribution in [0.1, 0.15) is 34.9 Å². The summed E-state index contributed by atoms with van der Waals surface area (Å²) < 4.78 is 40.0. The number of aromatic amines is 1. The molecule has 0 radical (unpaired) electrons. The molecule has 0 bridgehead atoms. The van der Waals surface area contributed by atoms with Gasteiger partial charge in [0.05, 0.1) is 10.5 Å². The fraction of sp³-hybridized carbons (Fsp3) is 0.211. The van der Waals surface area contributed by atoms with Gasteiger partial charge in [-0.15, -0.1) is 0 Å². The van der Waals surface area contributed by atoms with Crippen LogP contribution in [0.3, 0.4) is 0 Å². The Morgan fingerprint density at radius 2 is 1.90 bits per heavy atom. The van der Waals surface area contributed by atoms with Crippen LogP contribution in [-0.2, 0) is 10.0 Å². The number of benzene rings is 2. The molecule has 3 aromatic rings. The summed E-state index contributed by atoms with van der Waals surface area (Å²) in [5.74, 6) is 0.345. The van der Waals surface area contributed by atoms with E-state index in [2.05, 4.69) is 25.2 Å². The molecule has 1 aliphatic rings. The van der Waals surface area contributed by atoms with Crippen LogP contribution in [0.4, 0.5) is 10.1 Å². The maximum absolute atomic E-state index is 14.1. The number of nitrogens with zero attached hydrogens (tertiary/aromatic N) is 2. The second kappa shape index (κ2) is 7.37. The lowest BCUT2D eigenvalue weighted by atomic mass is 10.1. The van der Waals surface area contributed by atoms with Crippen LogP contribution < -0.4 is 10.0 Å². The van der Waals surface area contributed by atoms with Crippen molar-refractivity contribution < 1.29 is 17.6 Å². The molecule has 1 amide bonds. The molecule has 0 atom stereocenters. The summed E-state index contributed by atoms with van der Waals surface area (Å²) in [6.07, 6.45) is 2.24. The quantitative estimate of drug-likeness (QED) is 0.572. The summed E-state index contributed by atoms with van der Waals surface area (Å²) in [5, 5.41) is 9.70. The zero-order valence-electron chi connectivity index (χ0n) is 15.4. The van der Waals surface area contributed by atoms with Gasteiger partial charge in [-0.05, 0) is 62.4 Å². The first-order valence-corrected chi connectivity index (χ1v) is 10.4. The molecule has 1 heterocycles. The number of halogens is 1. The van der Waals surface area contributed by atoms with Gasteiger partial charge in [0.25, 0.3) is 5.91 Å². The lowest BCUT2D eigenvalue weighted by Crippen LogP contribution is -2.20. The number of hydrogen-bond acceptors (Lipinski definition) is 5. The summed E-state index contributed by atoms with van der Waals surface area (Å²) in [7, 11) is -2.56. The zero-order valence-corrected chi connectivity index (χ0v) is 16.3. The molecule has 0 spiro atoms. The van der Waals surface area contributed by atoms with E-state index in [1.54, 1.807) is 24.3 Å². The van der Waals surface area contributed by atoms with Gasteiger partial charge in [-0.2, -0.15) is 5.10 Å². The van der Waals surface area contributed by atoms with Gasteiger partial charge < -0.3 is 5.32 Å². The summed E-state index contributed by atoms with van der Waals surface area (Å²) >= 11 is 0. The topological polar surface area (TPSA) is 117 Å². The standard InChI is InChI=1S/C19H18FN5O3S/c1-21-29(27,28)14-8-9-16(20)15(10-14)19(26)22-13-6-4-12(5-7-13)18-23-17(24-25-18)11-2-3-11/h4-11,21H,2-3H2,1H3,(H,22,26)(H,23,24,25). The first kappa shape index (κ1) is 19.2. The number of amides is 1. The lowest BCUT2D eigenvalue weighted by molar-refractivity contribution is 0.102. The molecular weight excluding hydrogens is 397 g/mol. The Balaban J connectivity index is 1.51. The molecule has 1 aromatic heterocycles. The van der Waals surface area contributed by atoms with Crippen LogP contribution >= 0.6 is 0 Å². The average Bonchev–Trinajstić information content (AvgIpc) is 3.45. The van der Waals surface area contributed by atoms with E-state index in [1.807, 2.05) is 0 Å². The van der Waals surface area contributed by atoms with Crippen molar-refractivity contribution in [1.29, 1.82) is 0 Å². The van der Waals surface area contributed by atoms with Crippen molar-refractivity contribution >= 4 is 21.6 Å². The van der Waals surface area contributed by atoms with Gasteiger partial charge in [-0.25, -0.2) is 22.5 Å². The van der Waals surface area contributed by atoms with Gasteiger partial charge in [0, 0.05) is 17.2 Å². The van der Waals surface area contributed by atoms with Crippen LogP contribution in [0.2, 0.25) is 0 Å². The Kier molecular flexibility index (Phi) is 4.89. The number of aromatic nitrogens is 3. The molecule has 1 fully saturated rings. The summed E-state index contributed by atoms with van der Waals surface area (Å²) in [6, 6.07) is 9.82. The minimum absolute atomic E-state index is 0.196. The smallest absolute Gasteiger partial charge is 0.258 e. The van der Waals surface area contributed by atoms with Crippen LogP contribution in [0.5, 0.6) is 0 Å². The van der Waals surface area contributed by atoms with Crippen LogP contribution in [0, 0.1) is 5.82 Å². The number of nitrogens with one attached hydrogen (secondary N) is 3. The SMILES string of the molecule is CNS(=O)(=O)c1ccc(F)c(C(=O)Nc2ccc(-c3n[nH]c(C4CC4)n3)cc2)c1. The highest BCUT2D eigenvalue weighted by Crippen LogP contribution is 2.38. The van der Waals surface area contributed by atoms with E-state index in [-0.39, 0.29) is 10.5 Å². The van der Waals surface area contributed by atoms with Crippen molar-refractivity contribution in [1.82, 2.24) is 19.9 Å². The van der Waals surface area contributed by atoms with E-state index in [0.717, 1.165) is 42.4 Å². The number of sulfonamides is 1. The number of carbonyl (C=O) groups is 1. The van der Waals surface area contributed by atoms with E-state index < -0.39 is 21.7 Å². The molecule has 150 valence electrons. The van der Waals surface area contributed by atoms with Gasteiger partial charge in [-0.3, -0.25) is 9.89 Å². The minimum atomic E-state index is -3.79. The summed E-state index contributed by atoms with van der Waals surface area (Å²) in [5.41, 5.74) is 0.839. The van der Waals surface area contributed by atoms with Crippen molar-refractivity contribution in [3.8, 4) is 11.4 Å².